The molecule has 1 aliphatic rings. The van der Waals surface area contributed by atoms with Gasteiger partial charge >= 0.3 is 0 Å². The summed E-state index contributed by atoms with van der Waals surface area (Å²) >= 11 is 0. The first-order valence-corrected chi connectivity index (χ1v) is 10.6. The molecule has 1 unspecified atom stereocenters. The number of rotatable bonds is 8. The molecule has 1 fully saturated rings. The summed E-state index contributed by atoms with van der Waals surface area (Å²) in [4.78, 5) is 9.31. The zero-order valence-corrected chi connectivity index (χ0v) is 21.2. The van der Waals surface area contributed by atoms with E-state index in [0.717, 1.165) is 49.9 Å². The first kappa shape index (κ1) is 26.0. The molecule has 0 aliphatic carbocycles. The largest absolute Gasteiger partial charge is 0.490 e. The number of aliphatic imine (C=N–C) groups is 1. The Hall–Kier alpha value is -1.06. The minimum atomic E-state index is 0. The van der Waals surface area contributed by atoms with Crippen molar-refractivity contribution in [3.05, 3.63) is 29.3 Å². The number of benzene rings is 1. The van der Waals surface area contributed by atoms with E-state index < -0.39 is 0 Å². The van der Waals surface area contributed by atoms with E-state index >= 15 is 0 Å². The molecule has 1 atom stereocenters. The van der Waals surface area contributed by atoms with Gasteiger partial charge in [-0.15, -0.1) is 24.0 Å². The molecule has 0 radical (unpaired) electrons. The van der Waals surface area contributed by atoms with Gasteiger partial charge in [0, 0.05) is 45.3 Å². The maximum atomic E-state index is 6.11. The fourth-order valence-corrected chi connectivity index (χ4v) is 3.27. The van der Waals surface area contributed by atoms with Crippen molar-refractivity contribution in [2.75, 3.05) is 53.4 Å². The van der Waals surface area contributed by atoms with Gasteiger partial charge in [-0.25, -0.2) is 0 Å². The molecule has 0 bridgehead atoms. The van der Waals surface area contributed by atoms with Crippen LogP contribution >= 0.6 is 24.0 Å². The highest BCUT2D eigenvalue weighted by atomic mass is 127. The van der Waals surface area contributed by atoms with E-state index in [1.54, 1.807) is 0 Å². The Balaban J connectivity index is 0.00000420. The second kappa shape index (κ2) is 14.0. The monoisotopic (exact) mass is 517 g/mol. The molecule has 6 nitrogen and oxygen atoms in total. The number of guanidine groups is 1. The Kier molecular flexibility index (Phi) is 12.6. The molecular weight excluding hydrogens is 477 g/mol. The predicted molar refractivity (Wildman–Crippen MR) is 134 cm³/mol. The number of hydrogen-bond acceptors (Lipinski definition) is 4. The molecule has 1 aromatic carbocycles. The summed E-state index contributed by atoms with van der Waals surface area (Å²) in [6.07, 6.45) is 2.46. The lowest BCUT2D eigenvalue weighted by atomic mass is 10.1. The molecule has 0 spiro atoms. The molecule has 1 aliphatic heterocycles. The summed E-state index contributed by atoms with van der Waals surface area (Å²) in [6, 6.07) is 6.39. The Morgan fingerprint density at radius 2 is 2.00 bits per heavy atom. The van der Waals surface area contributed by atoms with E-state index in [-0.39, 0.29) is 30.1 Å². The van der Waals surface area contributed by atoms with Gasteiger partial charge in [0.05, 0.1) is 6.10 Å². The molecule has 0 aromatic heterocycles. The Morgan fingerprint density at radius 3 is 2.72 bits per heavy atom. The average molecular weight is 518 g/mol. The van der Waals surface area contributed by atoms with Crippen LogP contribution < -0.4 is 15.4 Å². The molecule has 1 heterocycles. The summed E-state index contributed by atoms with van der Waals surface area (Å²) in [5.74, 6) is 1.80. The van der Waals surface area contributed by atoms with Crippen molar-refractivity contribution in [2.24, 2.45) is 4.99 Å². The number of nitrogens with zero attached hydrogens (tertiary/aromatic N) is 3. The van der Waals surface area contributed by atoms with Gasteiger partial charge in [0.2, 0.25) is 0 Å². The summed E-state index contributed by atoms with van der Waals surface area (Å²) < 4.78 is 6.11. The van der Waals surface area contributed by atoms with Gasteiger partial charge in [0.1, 0.15) is 5.75 Å². The molecule has 0 amide bonds. The van der Waals surface area contributed by atoms with Gasteiger partial charge in [-0.1, -0.05) is 19.1 Å². The maximum Gasteiger partial charge on any atom is 0.191 e. The van der Waals surface area contributed by atoms with Crippen LogP contribution in [-0.4, -0.2) is 75.2 Å². The quantitative estimate of drug-likeness (QED) is 0.316. The number of hydrogen-bond donors (Lipinski definition) is 2. The normalized spacial score (nSPS) is 17.2. The van der Waals surface area contributed by atoms with Crippen LogP contribution in [0.5, 0.6) is 5.75 Å². The Bertz CT molecular complexity index is 625. The first-order valence-electron chi connectivity index (χ1n) is 10.6. The molecule has 2 rings (SSSR count). The lowest BCUT2D eigenvalue weighted by Crippen LogP contribution is -2.42. The van der Waals surface area contributed by atoms with E-state index in [4.69, 9.17) is 4.74 Å². The SMILES string of the molecule is CCC(C)Oc1cc(C)ccc1CNC(=NC)NCCN1CCCN(C)CC1.I. The Labute approximate surface area is 194 Å². The van der Waals surface area contributed by atoms with Crippen molar-refractivity contribution in [1.29, 1.82) is 0 Å². The molecule has 7 heteroatoms. The highest BCUT2D eigenvalue weighted by Gasteiger charge is 2.12. The number of aryl methyl sites for hydroxylation is 1. The van der Waals surface area contributed by atoms with E-state index in [2.05, 4.69) is 71.4 Å². The third-order valence-corrected chi connectivity index (χ3v) is 5.33. The number of nitrogens with one attached hydrogen (secondary N) is 2. The van der Waals surface area contributed by atoms with Crippen LogP contribution in [0.4, 0.5) is 0 Å². The average Bonchev–Trinajstić information content (AvgIpc) is 2.89. The van der Waals surface area contributed by atoms with Crippen LogP contribution in [0, 0.1) is 6.92 Å². The fraction of sp³-hybridized carbons (Fsp3) is 0.682. The topological polar surface area (TPSA) is 52.1 Å². The minimum Gasteiger partial charge on any atom is -0.490 e. The zero-order valence-electron chi connectivity index (χ0n) is 18.8. The third-order valence-electron chi connectivity index (χ3n) is 5.33. The minimum absolute atomic E-state index is 0. The van der Waals surface area contributed by atoms with Crippen LogP contribution in [0.15, 0.2) is 23.2 Å². The number of likely N-dealkylation sites (N-methyl/N-ethyl adjacent to an activating group) is 1. The van der Waals surface area contributed by atoms with Crippen LogP contribution in [0.25, 0.3) is 0 Å². The van der Waals surface area contributed by atoms with Crippen molar-refractivity contribution in [3.63, 3.8) is 0 Å². The van der Waals surface area contributed by atoms with Gasteiger partial charge in [-0.05, 0) is 58.5 Å². The first-order chi connectivity index (χ1) is 13.5. The molecule has 1 saturated heterocycles. The maximum absolute atomic E-state index is 6.11. The van der Waals surface area contributed by atoms with Gasteiger partial charge in [-0.3, -0.25) is 4.99 Å². The van der Waals surface area contributed by atoms with Crippen molar-refractivity contribution in [3.8, 4) is 5.75 Å². The smallest absolute Gasteiger partial charge is 0.191 e. The van der Waals surface area contributed by atoms with E-state index in [1.165, 1.54) is 25.1 Å². The molecule has 1 aromatic rings. The molecule has 0 saturated carbocycles. The number of halogens is 1. The van der Waals surface area contributed by atoms with Crippen molar-refractivity contribution in [1.82, 2.24) is 20.4 Å². The highest BCUT2D eigenvalue weighted by molar-refractivity contribution is 14.0. The zero-order chi connectivity index (χ0) is 20.4. The van der Waals surface area contributed by atoms with Crippen LogP contribution in [0.1, 0.15) is 37.8 Å². The van der Waals surface area contributed by atoms with Crippen molar-refractivity contribution >= 4 is 29.9 Å². The predicted octanol–water partition coefficient (Wildman–Crippen LogP) is 3.09. The molecule has 29 heavy (non-hydrogen) atoms. The highest BCUT2D eigenvalue weighted by Crippen LogP contribution is 2.22. The van der Waals surface area contributed by atoms with E-state index in [1.807, 2.05) is 7.05 Å². The van der Waals surface area contributed by atoms with Crippen molar-refractivity contribution in [2.45, 2.75) is 46.3 Å². The summed E-state index contributed by atoms with van der Waals surface area (Å²) in [6.45, 7) is 13.7. The molecular formula is C22H40IN5O. The number of ether oxygens (including phenoxy) is 1. The van der Waals surface area contributed by atoms with E-state index in [9.17, 15) is 0 Å². The molecule has 166 valence electrons. The van der Waals surface area contributed by atoms with Gasteiger partial charge in [-0.2, -0.15) is 0 Å². The lowest BCUT2D eigenvalue weighted by Gasteiger charge is -2.21. The van der Waals surface area contributed by atoms with Gasteiger partial charge < -0.3 is 25.2 Å². The van der Waals surface area contributed by atoms with Crippen molar-refractivity contribution < 1.29 is 4.74 Å². The summed E-state index contributed by atoms with van der Waals surface area (Å²) in [5, 5.41) is 6.87. The van der Waals surface area contributed by atoms with E-state index in [0.29, 0.717) is 6.54 Å². The molecule has 2 N–H and O–H groups in total. The Morgan fingerprint density at radius 1 is 1.21 bits per heavy atom. The summed E-state index contributed by atoms with van der Waals surface area (Å²) in [5.41, 5.74) is 2.37. The standard InChI is InChI=1S/C22H39N5O.HI/c1-6-19(3)28-21-16-18(2)8-9-20(21)17-25-22(23-4)24-10-13-27-12-7-11-26(5)14-15-27;/h8-9,16,19H,6-7,10-15,17H2,1-5H3,(H2,23,24,25);1H. The second-order valence-electron chi connectivity index (χ2n) is 7.80. The van der Waals surface area contributed by atoms with Crippen LogP contribution in [-0.2, 0) is 6.54 Å². The van der Waals surface area contributed by atoms with Gasteiger partial charge in [0.15, 0.2) is 5.96 Å². The lowest BCUT2D eigenvalue weighted by molar-refractivity contribution is 0.215. The van der Waals surface area contributed by atoms with Crippen LogP contribution in [0.2, 0.25) is 0 Å². The second-order valence-corrected chi connectivity index (χ2v) is 7.80. The third kappa shape index (κ3) is 9.53. The summed E-state index contributed by atoms with van der Waals surface area (Å²) in [7, 11) is 4.03. The van der Waals surface area contributed by atoms with Crippen LogP contribution in [0.3, 0.4) is 0 Å². The van der Waals surface area contributed by atoms with Gasteiger partial charge in [0.25, 0.3) is 0 Å². The fourth-order valence-electron chi connectivity index (χ4n) is 3.27.